The second kappa shape index (κ2) is 4.49. The molecular formula is C12H16ClNO3S. The zero-order valence-corrected chi connectivity index (χ0v) is 11.9. The molecule has 100 valence electrons. The van der Waals surface area contributed by atoms with Gasteiger partial charge in [0.15, 0.2) is 0 Å². The Hall–Kier alpha value is -0.620. The van der Waals surface area contributed by atoms with Gasteiger partial charge in [0.25, 0.3) is 0 Å². The number of halogens is 1. The molecule has 0 unspecified atom stereocenters. The molecule has 1 aromatic carbocycles. The van der Waals surface area contributed by atoms with Crippen molar-refractivity contribution in [2.24, 2.45) is 5.92 Å². The predicted molar refractivity (Wildman–Crippen MR) is 70.0 cm³/mol. The van der Waals surface area contributed by atoms with Crippen molar-refractivity contribution in [3.05, 3.63) is 29.3 Å². The Kier molecular flexibility index (Phi) is 3.44. The first kappa shape index (κ1) is 13.8. The van der Waals surface area contributed by atoms with Gasteiger partial charge in [0.05, 0.1) is 10.5 Å². The number of rotatable bonds is 3. The summed E-state index contributed by atoms with van der Waals surface area (Å²) in [5.41, 5.74) is -0.911. The molecule has 4 nitrogen and oxygen atoms in total. The largest absolute Gasteiger partial charge is 0.387 e. The van der Waals surface area contributed by atoms with Crippen molar-refractivity contribution in [1.82, 2.24) is 4.31 Å². The quantitative estimate of drug-likeness (QED) is 0.922. The molecule has 0 amide bonds. The van der Waals surface area contributed by atoms with Gasteiger partial charge in [0.2, 0.25) is 10.0 Å². The van der Waals surface area contributed by atoms with E-state index < -0.39 is 15.6 Å². The number of β-amino-alcohol motifs (C(OH)–C–C–N with tert-alkyl or cyclic N) is 1. The van der Waals surface area contributed by atoms with Gasteiger partial charge in [0, 0.05) is 18.1 Å². The molecule has 1 fully saturated rings. The van der Waals surface area contributed by atoms with E-state index >= 15 is 0 Å². The summed E-state index contributed by atoms with van der Waals surface area (Å²) >= 11 is 5.79. The molecule has 0 spiro atoms. The van der Waals surface area contributed by atoms with E-state index in [1.54, 1.807) is 12.1 Å². The standard InChI is InChI=1S/C12H16ClNO3S/c1-9(2)12(15)7-14(8-12)18(16,17)11-5-3-4-10(13)6-11/h3-6,9,15H,7-8H2,1-2H3. The maximum atomic E-state index is 12.2. The van der Waals surface area contributed by atoms with Crippen LogP contribution in [-0.4, -0.2) is 36.5 Å². The van der Waals surface area contributed by atoms with Gasteiger partial charge in [-0.15, -0.1) is 0 Å². The van der Waals surface area contributed by atoms with Gasteiger partial charge >= 0.3 is 0 Å². The Bertz CT molecular complexity index is 550. The van der Waals surface area contributed by atoms with Gasteiger partial charge < -0.3 is 5.11 Å². The smallest absolute Gasteiger partial charge is 0.243 e. The molecule has 0 aromatic heterocycles. The van der Waals surface area contributed by atoms with Crippen molar-refractivity contribution < 1.29 is 13.5 Å². The van der Waals surface area contributed by atoms with E-state index in [-0.39, 0.29) is 23.9 Å². The molecule has 0 aliphatic carbocycles. The molecule has 6 heteroatoms. The summed E-state index contributed by atoms with van der Waals surface area (Å²) in [6.07, 6.45) is 0. The lowest BCUT2D eigenvalue weighted by Gasteiger charge is -2.47. The summed E-state index contributed by atoms with van der Waals surface area (Å²) in [5.74, 6) is 0.0308. The Morgan fingerprint density at radius 1 is 1.39 bits per heavy atom. The van der Waals surface area contributed by atoms with Crippen LogP contribution in [0.25, 0.3) is 0 Å². The van der Waals surface area contributed by atoms with Crippen LogP contribution >= 0.6 is 11.6 Å². The maximum absolute atomic E-state index is 12.2. The second-order valence-corrected chi connectivity index (χ2v) is 7.36. The third-order valence-electron chi connectivity index (χ3n) is 3.41. The van der Waals surface area contributed by atoms with Crippen LogP contribution in [0.15, 0.2) is 29.2 Å². The zero-order chi connectivity index (χ0) is 13.6. The molecule has 1 saturated heterocycles. The fourth-order valence-electron chi connectivity index (χ4n) is 1.88. The molecule has 1 heterocycles. The summed E-state index contributed by atoms with van der Waals surface area (Å²) in [6, 6.07) is 6.16. The average Bonchev–Trinajstić information content (AvgIpc) is 2.24. The van der Waals surface area contributed by atoms with E-state index in [1.165, 1.54) is 16.4 Å². The van der Waals surface area contributed by atoms with Crippen molar-refractivity contribution in [2.75, 3.05) is 13.1 Å². The zero-order valence-electron chi connectivity index (χ0n) is 10.3. The van der Waals surface area contributed by atoms with Crippen LogP contribution < -0.4 is 0 Å². The molecule has 1 aliphatic heterocycles. The minimum absolute atomic E-state index is 0.0308. The van der Waals surface area contributed by atoms with Crippen LogP contribution in [0.4, 0.5) is 0 Å². The SMILES string of the molecule is CC(C)C1(O)CN(S(=O)(=O)c2cccc(Cl)c2)C1. The van der Waals surface area contributed by atoms with Gasteiger partial charge in [0.1, 0.15) is 0 Å². The summed E-state index contributed by atoms with van der Waals surface area (Å²) in [6.45, 7) is 4.03. The van der Waals surface area contributed by atoms with E-state index in [2.05, 4.69) is 0 Å². The molecule has 0 radical (unpaired) electrons. The van der Waals surface area contributed by atoms with Crippen LogP contribution in [0.1, 0.15) is 13.8 Å². The minimum Gasteiger partial charge on any atom is -0.387 e. The monoisotopic (exact) mass is 289 g/mol. The van der Waals surface area contributed by atoms with Gasteiger partial charge in [-0.1, -0.05) is 31.5 Å². The van der Waals surface area contributed by atoms with Crippen LogP contribution in [0.2, 0.25) is 5.02 Å². The molecule has 1 aromatic rings. The van der Waals surface area contributed by atoms with E-state index in [1.807, 2.05) is 13.8 Å². The van der Waals surface area contributed by atoms with Gasteiger partial charge in [-0.25, -0.2) is 8.42 Å². The average molecular weight is 290 g/mol. The minimum atomic E-state index is -3.54. The predicted octanol–water partition coefficient (Wildman–Crippen LogP) is 1.73. The molecule has 2 rings (SSSR count). The highest BCUT2D eigenvalue weighted by atomic mass is 35.5. The first-order chi connectivity index (χ1) is 8.25. The van der Waals surface area contributed by atoms with Crippen LogP contribution in [0.5, 0.6) is 0 Å². The number of hydrogen-bond donors (Lipinski definition) is 1. The lowest BCUT2D eigenvalue weighted by molar-refractivity contribution is -0.0932. The van der Waals surface area contributed by atoms with E-state index in [9.17, 15) is 13.5 Å². The number of sulfonamides is 1. The number of benzene rings is 1. The Morgan fingerprint density at radius 3 is 2.50 bits per heavy atom. The highest BCUT2D eigenvalue weighted by Crippen LogP contribution is 2.33. The number of hydrogen-bond acceptors (Lipinski definition) is 3. The van der Waals surface area contributed by atoms with Crippen LogP contribution in [0, 0.1) is 5.92 Å². The molecule has 1 aliphatic rings. The first-order valence-electron chi connectivity index (χ1n) is 5.74. The van der Waals surface area contributed by atoms with Gasteiger partial charge in [-0.2, -0.15) is 4.31 Å². The first-order valence-corrected chi connectivity index (χ1v) is 7.55. The Labute approximate surface area is 112 Å². The summed E-state index contributed by atoms with van der Waals surface area (Å²) < 4.78 is 25.7. The van der Waals surface area contributed by atoms with Crippen molar-refractivity contribution in [3.8, 4) is 0 Å². The fraction of sp³-hybridized carbons (Fsp3) is 0.500. The molecular weight excluding hydrogens is 274 g/mol. The second-order valence-electron chi connectivity index (χ2n) is 4.99. The van der Waals surface area contributed by atoms with Gasteiger partial charge in [-0.05, 0) is 24.1 Å². The van der Waals surface area contributed by atoms with E-state index in [0.29, 0.717) is 5.02 Å². The highest BCUT2D eigenvalue weighted by Gasteiger charge is 2.49. The van der Waals surface area contributed by atoms with Crippen molar-refractivity contribution in [2.45, 2.75) is 24.3 Å². The molecule has 1 N–H and O–H groups in total. The summed E-state index contributed by atoms with van der Waals surface area (Å²) in [7, 11) is -3.54. The van der Waals surface area contributed by atoms with Gasteiger partial charge in [-0.3, -0.25) is 0 Å². The third-order valence-corrected chi connectivity index (χ3v) is 5.43. The van der Waals surface area contributed by atoms with Crippen LogP contribution in [-0.2, 0) is 10.0 Å². The maximum Gasteiger partial charge on any atom is 0.243 e. The molecule has 0 bridgehead atoms. The lowest BCUT2D eigenvalue weighted by Crippen LogP contribution is -2.65. The fourth-order valence-corrected chi connectivity index (χ4v) is 3.74. The van der Waals surface area contributed by atoms with Crippen LogP contribution in [0.3, 0.4) is 0 Å². The number of nitrogens with zero attached hydrogens (tertiary/aromatic N) is 1. The van der Waals surface area contributed by atoms with Crippen molar-refractivity contribution in [3.63, 3.8) is 0 Å². The normalized spacial score (nSPS) is 19.8. The topological polar surface area (TPSA) is 57.6 Å². The number of aliphatic hydroxyl groups is 1. The Balaban J connectivity index is 2.21. The third kappa shape index (κ3) is 2.28. The van der Waals surface area contributed by atoms with E-state index in [4.69, 9.17) is 11.6 Å². The van der Waals surface area contributed by atoms with Crippen molar-refractivity contribution in [1.29, 1.82) is 0 Å². The van der Waals surface area contributed by atoms with Crippen molar-refractivity contribution >= 4 is 21.6 Å². The van der Waals surface area contributed by atoms with E-state index in [0.717, 1.165) is 0 Å². The molecule has 18 heavy (non-hydrogen) atoms. The summed E-state index contributed by atoms with van der Waals surface area (Å²) in [4.78, 5) is 0.167. The Morgan fingerprint density at radius 2 is 2.00 bits per heavy atom. The lowest BCUT2D eigenvalue weighted by atomic mass is 9.85. The highest BCUT2D eigenvalue weighted by molar-refractivity contribution is 7.89. The summed E-state index contributed by atoms with van der Waals surface area (Å²) in [5, 5.41) is 10.5. The molecule has 0 atom stereocenters. The molecule has 0 saturated carbocycles.